The van der Waals surface area contributed by atoms with E-state index in [0.717, 1.165) is 30.5 Å². The lowest BCUT2D eigenvalue weighted by molar-refractivity contribution is -0.122. The highest BCUT2D eigenvalue weighted by atomic mass is 16.2. The van der Waals surface area contributed by atoms with E-state index in [4.69, 9.17) is 5.73 Å². The first-order chi connectivity index (χ1) is 12.4. The quantitative estimate of drug-likeness (QED) is 0.745. The van der Waals surface area contributed by atoms with E-state index in [1.165, 1.54) is 6.92 Å². The standard InChI is InChI=1S/C19H26N4O3/c1-13(24)21-15-6-4-5-14(9-15)16-10-23(11-17(20)25)12-19(16)8-3-2-7-18(26)22-19/h4-6,9,16H,2-3,7-8,10-12H2,1H3,(H2,20,25)(H,21,24)(H,22,26)/t16-,19+/m0/s1. The number of anilines is 1. The van der Waals surface area contributed by atoms with Gasteiger partial charge < -0.3 is 16.4 Å². The summed E-state index contributed by atoms with van der Waals surface area (Å²) in [6.45, 7) is 2.91. The van der Waals surface area contributed by atoms with Gasteiger partial charge in [-0.25, -0.2) is 0 Å². The zero-order chi connectivity index (χ0) is 18.7. The Kier molecular flexibility index (Phi) is 5.27. The number of nitrogens with two attached hydrogens (primary N) is 1. The molecule has 7 heteroatoms. The molecule has 2 aliphatic rings. The highest BCUT2D eigenvalue weighted by molar-refractivity contribution is 5.88. The molecule has 2 heterocycles. The predicted octanol–water partition coefficient (Wildman–Crippen LogP) is 0.959. The largest absolute Gasteiger partial charge is 0.369 e. The molecule has 26 heavy (non-hydrogen) atoms. The Hall–Kier alpha value is -2.41. The molecular weight excluding hydrogens is 332 g/mol. The van der Waals surface area contributed by atoms with Crippen LogP contribution < -0.4 is 16.4 Å². The van der Waals surface area contributed by atoms with Crippen molar-refractivity contribution in [2.24, 2.45) is 5.73 Å². The van der Waals surface area contributed by atoms with E-state index in [0.29, 0.717) is 19.5 Å². The number of rotatable bonds is 4. The molecule has 0 unspecified atom stereocenters. The first-order valence-electron chi connectivity index (χ1n) is 9.07. The molecule has 0 radical (unpaired) electrons. The second-order valence-corrected chi connectivity index (χ2v) is 7.41. The molecule has 2 aliphatic heterocycles. The molecule has 2 fully saturated rings. The summed E-state index contributed by atoms with van der Waals surface area (Å²) in [6, 6.07) is 7.73. The number of carbonyl (C=O) groups is 3. The molecule has 0 aromatic heterocycles. The Labute approximate surface area is 153 Å². The van der Waals surface area contributed by atoms with Crippen molar-refractivity contribution in [3.8, 4) is 0 Å². The van der Waals surface area contributed by atoms with Crippen molar-refractivity contribution in [2.45, 2.75) is 44.1 Å². The molecule has 2 saturated heterocycles. The lowest BCUT2D eigenvalue weighted by Gasteiger charge is -2.35. The zero-order valence-electron chi connectivity index (χ0n) is 15.1. The smallest absolute Gasteiger partial charge is 0.231 e. The molecule has 0 bridgehead atoms. The molecule has 0 aliphatic carbocycles. The molecule has 2 atom stereocenters. The molecule has 1 aromatic carbocycles. The lowest BCUT2D eigenvalue weighted by Crippen LogP contribution is -2.52. The van der Waals surface area contributed by atoms with Crippen molar-refractivity contribution < 1.29 is 14.4 Å². The highest BCUT2D eigenvalue weighted by Crippen LogP contribution is 2.41. The van der Waals surface area contributed by atoms with E-state index in [2.05, 4.69) is 10.6 Å². The van der Waals surface area contributed by atoms with E-state index >= 15 is 0 Å². The third-order valence-corrected chi connectivity index (χ3v) is 5.27. The second kappa shape index (κ2) is 7.45. The SMILES string of the molecule is CC(=O)Nc1cccc([C@@H]2CN(CC(N)=O)C[C@]23CCCCC(=O)N3)c1. The monoisotopic (exact) mass is 358 g/mol. The normalized spacial score (nSPS) is 26.3. The first kappa shape index (κ1) is 18.4. The molecule has 4 N–H and O–H groups in total. The average Bonchev–Trinajstić information content (AvgIpc) is 2.76. The number of nitrogens with zero attached hydrogens (tertiary/aromatic N) is 1. The Morgan fingerprint density at radius 3 is 2.92 bits per heavy atom. The number of benzene rings is 1. The fourth-order valence-electron chi connectivity index (χ4n) is 4.32. The van der Waals surface area contributed by atoms with Crippen LogP contribution in [0, 0.1) is 0 Å². The van der Waals surface area contributed by atoms with E-state index in [-0.39, 0.29) is 30.2 Å². The van der Waals surface area contributed by atoms with Gasteiger partial charge in [-0.3, -0.25) is 19.3 Å². The molecule has 1 spiro atoms. The van der Waals surface area contributed by atoms with Crippen LogP contribution in [0.3, 0.4) is 0 Å². The number of amides is 3. The first-order valence-corrected chi connectivity index (χ1v) is 9.07. The maximum absolute atomic E-state index is 12.3. The van der Waals surface area contributed by atoms with Crippen molar-refractivity contribution in [3.05, 3.63) is 29.8 Å². The summed E-state index contributed by atoms with van der Waals surface area (Å²) in [5, 5.41) is 6.06. The average molecular weight is 358 g/mol. The van der Waals surface area contributed by atoms with Gasteiger partial charge in [-0.1, -0.05) is 18.6 Å². The summed E-state index contributed by atoms with van der Waals surface area (Å²) in [5.41, 5.74) is 6.77. The van der Waals surface area contributed by atoms with Crippen molar-refractivity contribution in [2.75, 3.05) is 25.0 Å². The molecular formula is C19H26N4O3. The molecule has 1 aromatic rings. The van der Waals surface area contributed by atoms with Gasteiger partial charge in [-0.15, -0.1) is 0 Å². The summed E-state index contributed by atoms with van der Waals surface area (Å²) in [6.07, 6.45) is 3.24. The number of carbonyl (C=O) groups excluding carboxylic acids is 3. The number of hydrogen-bond acceptors (Lipinski definition) is 4. The number of nitrogens with one attached hydrogen (secondary N) is 2. The van der Waals surface area contributed by atoms with E-state index in [9.17, 15) is 14.4 Å². The topological polar surface area (TPSA) is 105 Å². The van der Waals surface area contributed by atoms with Gasteiger partial charge in [0.2, 0.25) is 17.7 Å². The Morgan fingerprint density at radius 2 is 2.19 bits per heavy atom. The van der Waals surface area contributed by atoms with Gasteiger partial charge in [0.05, 0.1) is 12.1 Å². The number of hydrogen-bond donors (Lipinski definition) is 3. The fourth-order valence-corrected chi connectivity index (χ4v) is 4.32. The predicted molar refractivity (Wildman–Crippen MR) is 98.5 cm³/mol. The minimum atomic E-state index is -0.405. The van der Waals surface area contributed by atoms with Crippen LogP contribution in [0.1, 0.15) is 44.1 Å². The van der Waals surface area contributed by atoms with Gasteiger partial charge >= 0.3 is 0 Å². The highest BCUT2D eigenvalue weighted by Gasteiger charge is 2.48. The number of primary amides is 1. The molecule has 3 amide bonds. The Balaban J connectivity index is 1.94. The zero-order valence-corrected chi connectivity index (χ0v) is 15.1. The minimum absolute atomic E-state index is 0.0395. The lowest BCUT2D eigenvalue weighted by atomic mass is 9.79. The number of likely N-dealkylation sites (tertiary alicyclic amines) is 1. The fraction of sp³-hybridized carbons (Fsp3) is 0.526. The second-order valence-electron chi connectivity index (χ2n) is 7.41. The van der Waals surface area contributed by atoms with Gasteiger partial charge in [-0.05, 0) is 30.5 Å². The van der Waals surface area contributed by atoms with Gasteiger partial charge in [0.15, 0.2) is 0 Å². The van der Waals surface area contributed by atoms with Crippen LogP contribution in [0.5, 0.6) is 0 Å². The summed E-state index contributed by atoms with van der Waals surface area (Å²) in [5.74, 6) is -0.391. The van der Waals surface area contributed by atoms with E-state index < -0.39 is 5.54 Å². The molecule has 3 rings (SSSR count). The minimum Gasteiger partial charge on any atom is -0.369 e. The summed E-state index contributed by atoms with van der Waals surface area (Å²) in [4.78, 5) is 37.1. The summed E-state index contributed by atoms with van der Waals surface area (Å²) >= 11 is 0. The van der Waals surface area contributed by atoms with E-state index in [1.54, 1.807) is 0 Å². The molecule has 0 saturated carbocycles. The van der Waals surface area contributed by atoms with Gasteiger partial charge in [0, 0.05) is 38.0 Å². The van der Waals surface area contributed by atoms with Crippen molar-refractivity contribution in [1.29, 1.82) is 0 Å². The molecule has 7 nitrogen and oxygen atoms in total. The van der Waals surface area contributed by atoms with E-state index in [1.807, 2.05) is 29.2 Å². The van der Waals surface area contributed by atoms with Gasteiger partial charge in [0.25, 0.3) is 0 Å². The third-order valence-electron chi connectivity index (χ3n) is 5.27. The van der Waals surface area contributed by atoms with Gasteiger partial charge in [-0.2, -0.15) is 0 Å². The van der Waals surface area contributed by atoms with Crippen LogP contribution in [0.2, 0.25) is 0 Å². The Morgan fingerprint density at radius 1 is 1.38 bits per heavy atom. The van der Waals surface area contributed by atoms with Crippen LogP contribution in [-0.4, -0.2) is 47.8 Å². The maximum Gasteiger partial charge on any atom is 0.231 e. The van der Waals surface area contributed by atoms with Gasteiger partial charge in [0.1, 0.15) is 0 Å². The molecule has 140 valence electrons. The van der Waals surface area contributed by atoms with Crippen LogP contribution in [0.4, 0.5) is 5.69 Å². The van der Waals surface area contributed by atoms with Crippen molar-refractivity contribution >= 4 is 23.4 Å². The summed E-state index contributed by atoms with van der Waals surface area (Å²) in [7, 11) is 0. The van der Waals surface area contributed by atoms with Crippen LogP contribution in [0.15, 0.2) is 24.3 Å². The van der Waals surface area contributed by atoms with Crippen molar-refractivity contribution in [3.63, 3.8) is 0 Å². The van der Waals surface area contributed by atoms with Crippen molar-refractivity contribution in [1.82, 2.24) is 10.2 Å². The Bertz CT molecular complexity index is 720. The maximum atomic E-state index is 12.3. The third kappa shape index (κ3) is 4.04. The van der Waals surface area contributed by atoms with Crippen LogP contribution >= 0.6 is 0 Å². The van der Waals surface area contributed by atoms with Crippen LogP contribution in [-0.2, 0) is 14.4 Å². The summed E-state index contributed by atoms with van der Waals surface area (Å²) < 4.78 is 0. The van der Waals surface area contributed by atoms with Crippen LogP contribution in [0.25, 0.3) is 0 Å².